The van der Waals surface area contributed by atoms with Crippen LogP contribution in [-0.4, -0.2) is 40.4 Å². The third kappa shape index (κ3) is 3.49. The van der Waals surface area contributed by atoms with Gasteiger partial charge < -0.3 is 9.84 Å². The van der Waals surface area contributed by atoms with Gasteiger partial charge in [-0.15, -0.1) is 0 Å². The summed E-state index contributed by atoms with van der Waals surface area (Å²) >= 11 is 0. The van der Waals surface area contributed by atoms with E-state index in [1.165, 1.54) is 24.3 Å². The Bertz CT molecular complexity index is 1120. The van der Waals surface area contributed by atoms with E-state index in [1.807, 2.05) is 0 Å². The molecule has 1 N–H and O–H groups in total. The lowest BCUT2D eigenvalue weighted by Gasteiger charge is -2.08. The Hall–Kier alpha value is -3.01. The van der Waals surface area contributed by atoms with E-state index in [9.17, 15) is 22.7 Å². The number of aryl methyl sites for hydroxylation is 1. The summed E-state index contributed by atoms with van der Waals surface area (Å²) in [5.41, 5.74) is 0.771. The summed E-state index contributed by atoms with van der Waals surface area (Å²) < 4.78 is 43.8. The van der Waals surface area contributed by atoms with Crippen LogP contribution in [0.1, 0.15) is 11.4 Å². The lowest BCUT2D eigenvalue weighted by atomic mass is 10.2. The molecule has 10 heteroatoms. The zero-order chi connectivity index (χ0) is 19.1. The first-order valence-corrected chi connectivity index (χ1v) is 9.42. The number of halogens is 1. The minimum Gasteiger partial charge on any atom is -0.464 e. The smallest absolute Gasteiger partial charge is 0.416 e. The van der Waals surface area contributed by atoms with Crippen LogP contribution in [0.2, 0.25) is 0 Å². The Morgan fingerprint density at radius 1 is 1.31 bits per heavy atom. The molecule has 3 rings (SSSR count). The van der Waals surface area contributed by atoms with Gasteiger partial charge in [-0.25, -0.2) is 32.1 Å². The fourth-order valence-electron chi connectivity index (χ4n) is 2.58. The molecule has 0 aliphatic carbocycles. The average Bonchev–Trinajstić information content (AvgIpc) is 2.86. The predicted molar refractivity (Wildman–Crippen MR) is 90.7 cm³/mol. The molecule has 136 valence electrons. The molecule has 0 aliphatic heterocycles. The average molecular weight is 379 g/mol. The molecule has 0 aliphatic rings. The largest absolute Gasteiger partial charge is 0.464 e. The van der Waals surface area contributed by atoms with Gasteiger partial charge in [0, 0.05) is 23.4 Å². The molecule has 0 saturated carbocycles. The second-order valence-corrected chi connectivity index (χ2v) is 7.87. The SMILES string of the molecule is Cc1cc2c(F)c(Oc3cc(CS(C)(=O)=O)ncn3)ccc2n1C(=O)O. The number of nitrogens with zero attached hydrogens (tertiary/aromatic N) is 3. The molecule has 0 unspecified atom stereocenters. The molecule has 1 aromatic carbocycles. The van der Waals surface area contributed by atoms with Crippen LogP contribution in [0.3, 0.4) is 0 Å². The standard InChI is InChI=1S/C16H14FN3O5S/c1-9-5-11-12(20(9)16(21)22)3-4-13(15(11)17)25-14-6-10(18-8-19-14)7-26(2,23)24/h3-6,8H,7H2,1-2H3,(H,21,22). The minimum absolute atomic E-state index is 0.0220. The molecule has 0 amide bonds. The number of ether oxygens (including phenoxy) is 1. The summed E-state index contributed by atoms with van der Waals surface area (Å²) in [6.07, 6.45) is 0.975. The molecule has 2 heterocycles. The van der Waals surface area contributed by atoms with Gasteiger partial charge in [0.1, 0.15) is 6.33 Å². The highest BCUT2D eigenvalue weighted by Gasteiger charge is 2.18. The Balaban J connectivity index is 1.99. The lowest BCUT2D eigenvalue weighted by Crippen LogP contribution is -2.09. The van der Waals surface area contributed by atoms with Crippen LogP contribution in [0.15, 0.2) is 30.6 Å². The van der Waals surface area contributed by atoms with Crippen molar-refractivity contribution in [2.45, 2.75) is 12.7 Å². The van der Waals surface area contributed by atoms with E-state index in [2.05, 4.69) is 9.97 Å². The molecular formula is C16H14FN3O5S. The van der Waals surface area contributed by atoms with Gasteiger partial charge in [-0.3, -0.25) is 0 Å². The van der Waals surface area contributed by atoms with Crippen LogP contribution in [0.25, 0.3) is 10.9 Å². The van der Waals surface area contributed by atoms with Gasteiger partial charge in [0.25, 0.3) is 0 Å². The highest BCUT2D eigenvalue weighted by Crippen LogP contribution is 2.31. The topological polar surface area (TPSA) is 111 Å². The summed E-state index contributed by atoms with van der Waals surface area (Å²) in [6.45, 7) is 1.55. The highest BCUT2D eigenvalue weighted by atomic mass is 32.2. The van der Waals surface area contributed by atoms with Gasteiger partial charge in [0.15, 0.2) is 21.4 Å². The Kier molecular flexibility index (Phi) is 4.36. The second-order valence-electron chi connectivity index (χ2n) is 5.73. The summed E-state index contributed by atoms with van der Waals surface area (Å²) in [6, 6.07) is 5.42. The molecule has 3 aromatic rings. The Morgan fingerprint density at radius 3 is 2.69 bits per heavy atom. The maximum absolute atomic E-state index is 14.7. The van der Waals surface area contributed by atoms with Gasteiger partial charge in [-0.2, -0.15) is 0 Å². The van der Waals surface area contributed by atoms with Gasteiger partial charge in [0.05, 0.1) is 17.0 Å². The monoisotopic (exact) mass is 379 g/mol. The van der Waals surface area contributed by atoms with Crippen molar-refractivity contribution in [1.82, 2.24) is 14.5 Å². The summed E-state index contributed by atoms with van der Waals surface area (Å²) in [7, 11) is -3.29. The first kappa shape index (κ1) is 17.8. The van der Waals surface area contributed by atoms with E-state index in [0.29, 0.717) is 5.69 Å². The Labute approximate surface area is 147 Å². The number of fused-ring (bicyclic) bond motifs is 1. The van der Waals surface area contributed by atoms with Crippen molar-refractivity contribution in [3.63, 3.8) is 0 Å². The van der Waals surface area contributed by atoms with E-state index in [1.54, 1.807) is 6.92 Å². The number of carbonyl (C=O) groups is 1. The van der Waals surface area contributed by atoms with Crippen molar-refractivity contribution in [3.8, 4) is 11.6 Å². The number of carboxylic acid groups (broad SMARTS) is 1. The summed E-state index contributed by atoms with van der Waals surface area (Å²) in [5.74, 6) is -1.22. The lowest BCUT2D eigenvalue weighted by molar-refractivity contribution is 0.197. The van der Waals surface area contributed by atoms with E-state index in [-0.39, 0.29) is 34.0 Å². The fourth-order valence-corrected chi connectivity index (χ4v) is 3.28. The number of hydrogen-bond donors (Lipinski definition) is 1. The summed E-state index contributed by atoms with van der Waals surface area (Å²) in [5, 5.41) is 9.31. The highest BCUT2D eigenvalue weighted by molar-refractivity contribution is 7.89. The van der Waals surface area contributed by atoms with Crippen molar-refractivity contribution in [1.29, 1.82) is 0 Å². The van der Waals surface area contributed by atoms with Gasteiger partial charge in [-0.1, -0.05) is 0 Å². The van der Waals surface area contributed by atoms with Crippen LogP contribution >= 0.6 is 0 Å². The molecule has 26 heavy (non-hydrogen) atoms. The van der Waals surface area contributed by atoms with Crippen LogP contribution in [0.5, 0.6) is 11.6 Å². The van der Waals surface area contributed by atoms with Crippen LogP contribution in [0.4, 0.5) is 9.18 Å². The quantitative estimate of drug-likeness (QED) is 0.742. The number of benzene rings is 1. The molecule has 0 bridgehead atoms. The predicted octanol–water partition coefficient (Wildman–Crippen LogP) is 2.74. The minimum atomic E-state index is -3.29. The third-order valence-corrected chi connectivity index (χ3v) is 4.40. The first-order chi connectivity index (χ1) is 12.2. The van der Waals surface area contributed by atoms with E-state index >= 15 is 0 Å². The van der Waals surface area contributed by atoms with E-state index in [4.69, 9.17) is 4.74 Å². The molecule has 0 atom stereocenters. The van der Waals surface area contributed by atoms with E-state index in [0.717, 1.165) is 17.2 Å². The number of sulfone groups is 1. The van der Waals surface area contributed by atoms with Gasteiger partial charge >= 0.3 is 6.09 Å². The van der Waals surface area contributed by atoms with Crippen molar-refractivity contribution >= 4 is 26.8 Å². The van der Waals surface area contributed by atoms with E-state index < -0.39 is 21.7 Å². The van der Waals surface area contributed by atoms with Crippen molar-refractivity contribution in [2.75, 3.05) is 6.26 Å². The summed E-state index contributed by atoms with van der Waals surface area (Å²) in [4.78, 5) is 19.0. The van der Waals surface area contributed by atoms with Crippen LogP contribution in [0, 0.1) is 12.7 Å². The normalized spacial score (nSPS) is 11.7. The molecule has 0 saturated heterocycles. The van der Waals surface area contributed by atoms with Gasteiger partial charge in [0.2, 0.25) is 5.88 Å². The maximum atomic E-state index is 14.7. The van der Waals surface area contributed by atoms with Crippen molar-refractivity contribution in [3.05, 3.63) is 47.8 Å². The second kappa shape index (κ2) is 6.37. The zero-order valence-electron chi connectivity index (χ0n) is 13.8. The number of rotatable bonds is 4. The zero-order valence-corrected chi connectivity index (χ0v) is 14.6. The van der Waals surface area contributed by atoms with Gasteiger partial charge in [-0.05, 0) is 25.1 Å². The first-order valence-electron chi connectivity index (χ1n) is 7.36. The molecule has 0 spiro atoms. The molecule has 2 aromatic heterocycles. The van der Waals surface area contributed by atoms with Crippen molar-refractivity contribution in [2.24, 2.45) is 0 Å². The maximum Gasteiger partial charge on any atom is 0.416 e. The van der Waals surface area contributed by atoms with Crippen LogP contribution in [-0.2, 0) is 15.6 Å². The molecule has 0 fully saturated rings. The molecule has 0 radical (unpaired) electrons. The number of aromatic nitrogens is 3. The fraction of sp³-hybridized carbons (Fsp3) is 0.188. The van der Waals surface area contributed by atoms with Crippen molar-refractivity contribution < 1.29 is 27.4 Å². The molecule has 8 nitrogen and oxygen atoms in total. The van der Waals surface area contributed by atoms with Crippen LogP contribution < -0.4 is 4.74 Å². The molecular weight excluding hydrogens is 365 g/mol. The third-order valence-electron chi connectivity index (χ3n) is 3.58. The number of hydrogen-bond acceptors (Lipinski definition) is 6. The Morgan fingerprint density at radius 2 is 2.04 bits per heavy atom.